The van der Waals surface area contributed by atoms with Crippen molar-refractivity contribution in [1.82, 2.24) is 10.2 Å². The van der Waals surface area contributed by atoms with E-state index in [1.807, 2.05) is 13.0 Å². The Bertz CT molecular complexity index is 454. The van der Waals surface area contributed by atoms with Crippen LogP contribution in [0.25, 0.3) is 0 Å². The summed E-state index contributed by atoms with van der Waals surface area (Å²) in [6.07, 6.45) is 2.63. The smallest absolute Gasteiger partial charge is 0.373 e. The maximum atomic E-state index is 11.3. The van der Waals surface area contributed by atoms with Gasteiger partial charge in [0, 0.05) is 18.6 Å². The molecule has 112 valence electrons. The van der Waals surface area contributed by atoms with Gasteiger partial charge in [-0.1, -0.05) is 0 Å². The summed E-state index contributed by atoms with van der Waals surface area (Å²) in [6.45, 7) is 5.15. The van der Waals surface area contributed by atoms with Crippen molar-refractivity contribution in [2.75, 3.05) is 20.7 Å². The fraction of sp³-hybridized carbons (Fsp3) is 0.667. The Hall–Kier alpha value is -1.33. The molecule has 0 saturated heterocycles. The minimum absolute atomic E-state index is 0.0726. The van der Waals surface area contributed by atoms with E-state index >= 15 is 0 Å². The molecule has 2 atom stereocenters. The third-order valence-corrected chi connectivity index (χ3v) is 3.98. The van der Waals surface area contributed by atoms with Crippen LogP contribution < -0.4 is 5.32 Å². The van der Waals surface area contributed by atoms with E-state index in [0.717, 1.165) is 18.3 Å². The lowest BCUT2D eigenvalue weighted by Crippen LogP contribution is -2.39. The summed E-state index contributed by atoms with van der Waals surface area (Å²) >= 11 is 0. The van der Waals surface area contributed by atoms with E-state index in [1.54, 1.807) is 6.07 Å². The van der Waals surface area contributed by atoms with Crippen LogP contribution in [-0.2, 0) is 4.74 Å². The summed E-state index contributed by atoms with van der Waals surface area (Å²) in [5, 5.41) is 3.44. The van der Waals surface area contributed by atoms with Gasteiger partial charge in [0.05, 0.1) is 13.2 Å². The number of carbonyl (C=O) groups is 1. The zero-order chi connectivity index (χ0) is 14.7. The van der Waals surface area contributed by atoms with Crippen molar-refractivity contribution >= 4 is 5.97 Å². The number of hydrogen-bond acceptors (Lipinski definition) is 5. The lowest BCUT2D eigenvalue weighted by molar-refractivity contribution is 0.0562. The van der Waals surface area contributed by atoms with Crippen LogP contribution in [0.2, 0.25) is 0 Å². The maximum absolute atomic E-state index is 11.3. The van der Waals surface area contributed by atoms with Crippen LogP contribution in [0, 0.1) is 0 Å². The predicted octanol–water partition coefficient (Wildman–Crippen LogP) is 2.20. The number of ether oxygens (including phenoxy) is 1. The lowest BCUT2D eigenvalue weighted by Gasteiger charge is -2.26. The molecule has 20 heavy (non-hydrogen) atoms. The fourth-order valence-electron chi connectivity index (χ4n) is 2.23. The molecule has 0 radical (unpaired) electrons. The number of nitrogens with one attached hydrogen (secondary N) is 1. The summed E-state index contributed by atoms with van der Waals surface area (Å²) in [4.78, 5) is 13.8. The van der Waals surface area contributed by atoms with Crippen molar-refractivity contribution < 1.29 is 13.9 Å². The third-order valence-electron chi connectivity index (χ3n) is 3.98. The highest BCUT2D eigenvalue weighted by atomic mass is 16.5. The predicted molar refractivity (Wildman–Crippen MR) is 76.7 cm³/mol. The molecule has 1 saturated carbocycles. The first-order valence-electron chi connectivity index (χ1n) is 7.16. The first kappa shape index (κ1) is 15.1. The normalized spacial score (nSPS) is 18.1. The minimum atomic E-state index is -0.440. The van der Waals surface area contributed by atoms with Crippen LogP contribution in [0.15, 0.2) is 16.5 Å². The van der Waals surface area contributed by atoms with Gasteiger partial charge >= 0.3 is 5.97 Å². The van der Waals surface area contributed by atoms with Gasteiger partial charge in [-0.25, -0.2) is 4.79 Å². The summed E-state index contributed by atoms with van der Waals surface area (Å²) in [6, 6.07) is 4.79. The Morgan fingerprint density at radius 1 is 1.50 bits per heavy atom. The highest BCUT2D eigenvalue weighted by Crippen LogP contribution is 2.27. The van der Waals surface area contributed by atoms with Crippen LogP contribution in [0.5, 0.6) is 0 Å². The number of rotatable bonds is 7. The van der Waals surface area contributed by atoms with Gasteiger partial charge in [0.15, 0.2) is 0 Å². The molecule has 0 spiro atoms. The first-order chi connectivity index (χ1) is 9.52. The second-order valence-corrected chi connectivity index (χ2v) is 5.57. The van der Waals surface area contributed by atoms with Gasteiger partial charge < -0.3 is 14.5 Å². The topological polar surface area (TPSA) is 54.7 Å². The van der Waals surface area contributed by atoms with Gasteiger partial charge in [-0.05, 0) is 45.9 Å². The standard InChI is InChI=1S/C15H24N2O3/c1-10(17(3)12-5-6-12)9-16-11(2)13-7-8-14(20-13)15(18)19-4/h7-8,10-12,16H,5-6,9H2,1-4H3. The zero-order valence-electron chi connectivity index (χ0n) is 12.7. The average Bonchev–Trinajstić information content (AvgIpc) is 3.19. The quantitative estimate of drug-likeness (QED) is 0.776. The van der Waals surface area contributed by atoms with E-state index in [0.29, 0.717) is 6.04 Å². The molecule has 0 bridgehead atoms. The number of hydrogen-bond donors (Lipinski definition) is 1. The van der Waals surface area contributed by atoms with Gasteiger partial charge in [0.1, 0.15) is 5.76 Å². The van der Waals surface area contributed by atoms with Crippen molar-refractivity contribution in [2.24, 2.45) is 0 Å². The molecule has 0 aromatic carbocycles. The van der Waals surface area contributed by atoms with E-state index in [2.05, 4.69) is 28.9 Å². The van der Waals surface area contributed by atoms with Crippen molar-refractivity contribution in [2.45, 2.75) is 44.8 Å². The van der Waals surface area contributed by atoms with Crippen LogP contribution in [0.4, 0.5) is 0 Å². The molecule has 1 aromatic heterocycles. The lowest BCUT2D eigenvalue weighted by atomic mass is 10.2. The summed E-state index contributed by atoms with van der Waals surface area (Å²) < 4.78 is 10.1. The molecule has 0 aliphatic heterocycles. The van der Waals surface area contributed by atoms with E-state index in [4.69, 9.17) is 4.42 Å². The zero-order valence-corrected chi connectivity index (χ0v) is 12.7. The summed E-state index contributed by atoms with van der Waals surface area (Å²) in [7, 11) is 3.53. The SMILES string of the molecule is COC(=O)c1ccc(C(C)NCC(C)N(C)C2CC2)o1. The first-order valence-corrected chi connectivity index (χ1v) is 7.16. The maximum Gasteiger partial charge on any atom is 0.373 e. The molecule has 1 fully saturated rings. The van der Waals surface area contributed by atoms with Crippen molar-refractivity contribution in [1.29, 1.82) is 0 Å². The molecule has 5 nitrogen and oxygen atoms in total. The van der Waals surface area contributed by atoms with Gasteiger partial charge in [-0.3, -0.25) is 4.90 Å². The molecular weight excluding hydrogens is 256 g/mol. The highest BCUT2D eigenvalue weighted by Gasteiger charge is 2.29. The van der Waals surface area contributed by atoms with Crippen molar-refractivity contribution in [3.05, 3.63) is 23.7 Å². The molecule has 2 unspecified atom stereocenters. The van der Waals surface area contributed by atoms with Gasteiger partial charge in [0.2, 0.25) is 5.76 Å². The molecule has 1 aliphatic carbocycles. The number of likely N-dealkylation sites (N-methyl/N-ethyl adjacent to an activating group) is 1. The van der Waals surface area contributed by atoms with Gasteiger partial charge in [-0.2, -0.15) is 0 Å². The van der Waals surface area contributed by atoms with E-state index < -0.39 is 5.97 Å². The monoisotopic (exact) mass is 280 g/mol. The Morgan fingerprint density at radius 3 is 2.80 bits per heavy atom. The number of carbonyl (C=O) groups excluding carboxylic acids is 1. The Balaban J connectivity index is 1.83. The summed E-state index contributed by atoms with van der Waals surface area (Å²) in [5.41, 5.74) is 0. The Kier molecular flexibility index (Phi) is 4.83. The molecule has 2 rings (SSSR count). The van der Waals surface area contributed by atoms with E-state index in [-0.39, 0.29) is 11.8 Å². The second-order valence-electron chi connectivity index (χ2n) is 5.57. The van der Waals surface area contributed by atoms with Crippen LogP contribution in [0.3, 0.4) is 0 Å². The van der Waals surface area contributed by atoms with E-state index in [9.17, 15) is 4.79 Å². The van der Waals surface area contributed by atoms with Crippen LogP contribution in [0.1, 0.15) is 49.0 Å². The van der Waals surface area contributed by atoms with Gasteiger partial charge in [0.25, 0.3) is 0 Å². The van der Waals surface area contributed by atoms with Crippen molar-refractivity contribution in [3.63, 3.8) is 0 Å². The molecular formula is C15H24N2O3. The third kappa shape index (κ3) is 3.61. The van der Waals surface area contributed by atoms with Crippen molar-refractivity contribution in [3.8, 4) is 0 Å². The Labute approximate surface area is 120 Å². The molecule has 0 amide bonds. The number of methoxy groups -OCH3 is 1. The second kappa shape index (κ2) is 6.41. The summed E-state index contributed by atoms with van der Waals surface area (Å²) in [5.74, 6) is 0.566. The molecule has 1 heterocycles. The van der Waals surface area contributed by atoms with Gasteiger partial charge in [-0.15, -0.1) is 0 Å². The highest BCUT2D eigenvalue weighted by molar-refractivity contribution is 5.86. The number of furan rings is 1. The van der Waals surface area contributed by atoms with E-state index in [1.165, 1.54) is 20.0 Å². The molecule has 5 heteroatoms. The minimum Gasteiger partial charge on any atom is -0.463 e. The molecule has 1 aromatic rings. The molecule has 1 aliphatic rings. The number of esters is 1. The average molecular weight is 280 g/mol. The largest absolute Gasteiger partial charge is 0.463 e. The van der Waals surface area contributed by atoms with Crippen LogP contribution >= 0.6 is 0 Å². The number of nitrogens with zero attached hydrogens (tertiary/aromatic N) is 1. The van der Waals surface area contributed by atoms with Crippen LogP contribution in [-0.4, -0.2) is 43.7 Å². The fourth-order valence-corrected chi connectivity index (χ4v) is 2.23. The molecule has 1 N–H and O–H groups in total. The Morgan fingerprint density at radius 2 is 2.20 bits per heavy atom.